The number of nitrogens with zero attached hydrogens (tertiary/aromatic N) is 3. The molecule has 1 aromatic heterocycles. The van der Waals surface area contributed by atoms with Gasteiger partial charge in [-0.1, -0.05) is 6.07 Å². The molecule has 0 unspecified atom stereocenters. The van der Waals surface area contributed by atoms with E-state index in [2.05, 4.69) is 41.5 Å². The van der Waals surface area contributed by atoms with E-state index in [1.54, 1.807) is 18.0 Å². The Labute approximate surface area is 143 Å². The summed E-state index contributed by atoms with van der Waals surface area (Å²) >= 11 is 1.76. The van der Waals surface area contributed by atoms with Crippen LogP contribution < -0.4 is 5.32 Å². The maximum atomic E-state index is 12.2. The zero-order valence-corrected chi connectivity index (χ0v) is 15.2. The molecule has 0 radical (unpaired) electrons. The van der Waals surface area contributed by atoms with Gasteiger partial charge in [0.15, 0.2) is 0 Å². The number of hydrogen-bond donors (Lipinski definition) is 1. The van der Waals surface area contributed by atoms with E-state index in [0.29, 0.717) is 5.92 Å². The summed E-state index contributed by atoms with van der Waals surface area (Å²) in [7, 11) is 2.14. The third-order valence-corrected chi connectivity index (χ3v) is 4.94. The minimum absolute atomic E-state index is 0.0870. The number of carbonyl (C=O) groups is 1. The Hall–Kier alpha value is -1.27. The molecule has 1 saturated heterocycles. The first-order valence-corrected chi connectivity index (χ1v) is 9.59. The largest absolute Gasteiger partial charge is 0.335 e. The first kappa shape index (κ1) is 18.1. The van der Waals surface area contributed by atoms with Gasteiger partial charge in [0.2, 0.25) is 0 Å². The molecular weight excluding hydrogens is 308 g/mol. The van der Waals surface area contributed by atoms with E-state index < -0.39 is 0 Å². The van der Waals surface area contributed by atoms with Crippen molar-refractivity contribution in [3.8, 4) is 0 Å². The molecule has 2 rings (SSSR count). The fraction of sp³-hybridized carbons (Fsp3) is 0.647. The number of urea groups is 1. The lowest BCUT2D eigenvalue weighted by Crippen LogP contribution is -2.44. The highest BCUT2D eigenvalue weighted by molar-refractivity contribution is 7.98. The number of likely N-dealkylation sites (tertiary alicyclic amines) is 1. The van der Waals surface area contributed by atoms with Crippen molar-refractivity contribution in [3.63, 3.8) is 0 Å². The second kappa shape index (κ2) is 9.13. The van der Waals surface area contributed by atoms with Gasteiger partial charge in [0.05, 0.1) is 0 Å². The normalized spacial score (nSPS) is 19.1. The van der Waals surface area contributed by atoms with Crippen molar-refractivity contribution in [2.45, 2.75) is 25.9 Å². The molecule has 0 spiro atoms. The van der Waals surface area contributed by atoms with E-state index in [4.69, 9.17) is 0 Å². The number of thioether (sulfide) groups is 1. The Bertz CT molecular complexity index is 485. The summed E-state index contributed by atoms with van der Waals surface area (Å²) in [6, 6.07) is 4.39. The highest BCUT2D eigenvalue weighted by atomic mass is 32.2. The third kappa shape index (κ3) is 6.03. The SMILES string of the molecule is CSC[C@H](C)NC(=O)N1CC[C@@H](CN(C)Cc2cccnc2)C1. The second-order valence-electron chi connectivity index (χ2n) is 6.46. The van der Waals surface area contributed by atoms with Crippen LogP contribution in [0.3, 0.4) is 0 Å². The van der Waals surface area contributed by atoms with Crippen molar-refractivity contribution in [3.05, 3.63) is 30.1 Å². The molecule has 2 heterocycles. The van der Waals surface area contributed by atoms with E-state index >= 15 is 0 Å². The van der Waals surface area contributed by atoms with Gasteiger partial charge in [-0.2, -0.15) is 11.8 Å². The highest BCUT2D eigenvalue weighted by Gasteiger charge is 2.27. The Kier molecular flexibility index (Phi) is 7.17. The predicted octanol–water partition coefficient (Wildman–Crippen LogP) is 2.30. The fourth-order valence-electron chi connectivity index (χ4n) is 3.07. The minimum atomic E-state index is 0.0870. The van der Waals surface area contributed by atoms with Crippen LogP contribution in [0.1, 0.15) is 18.9 Å². The Morgan fingerprint density at radius 1 is 1.61 bits per heavy atom. The van der Waals surface area contributed by atoms with E-state index in [0.717, 1.165) is 38.4 Å². The lowest BCUT2D eigenvalue weighted by molar-refractivity contribution is 0.201. The van der Waals surface area contributed by atoms with Crippen molar-refractivity contribution in [2.24, 2.45) is 5.92 Å². The number of aromatic nitrogens is 1. The molecule has 0 aromatic carbocycles. The third-order valence-electron chi connectivity index (χ3n) is 4.10. The molecule has 0 saturated carbocycles. The van der Waals surface area contributed by atoms with Crippen LogP contribution in [0.4, 0.5) is 4.79 Å². The van der Waals surface area contributed by atoms with Gasteiger partial charge >= 0.3 is 6.03 Å². The Balaban J connectivity index is 1.73. The molecule has 2 amide bonds. The quantitative estimate of drug-likeness (QED) is 0.830. The molecule has 1 fully saturated rings. The average molecular weight is 337 g/mol. The number of rotatable bonds is 7. The second-order valence-corrected chi connectivity index (χ2v) is 7.38. The zero-order chi connectivity index (χ0) is 16.7. The summed E-state index contributed by atoms with van der Waals surface area (Å²) in [5.74, 6) is 1.51. The van der Waals surface area contributed by atoms with E-state index in [1.807, 2.05) is 17.2 Å². The maximum Gasteiger partial charge on any atom is 0.317 e. The van der Waals surface area contributed by atoms with Gasteiger partial charge < -0.3 is 15.1 Å². The molecule has 0 aliphatic carbocycles. The summed E-state index contributed by atoms with van der Waals surface area (Å²) < 4.78 is 0. The standard InChI is InChI=1S/C17H28N4OS/c1-14(13-23-3)19-17(22)21-8-6-16(12-21)11-20(2)10-15-5-4-7-18-9-15/h4-5,7,9,14,16H,6,8,10-13H2,1-3H3,(H,19,22)/t14-,16-/m0/s1. The van der Waals surface area contributed by atoms with Crippen LogP contribution in [0.2, 0.25) is 0 Å². The lowest BCUT2D eigenvalue weighted by atomic mass is 10.1. The Morgan fingerprint density at radius 2 is 2.43 bits per heavy atom. The number of nitrogens with one attached hydrogen (secondary N) is 1. The number of carbonyl (C=O) groups excluding carboxylic acids is 1. The van der Waals surface area contributed by atoms with Crippen LogP contribution in [0.25, 0.3) is 0 Å². The summed E-state index contributed by atoms with van der Waals surface area (Å²) in [6.45, 7) is 5.70. The van der Waals surface area contributed by atoms with Crippen molar-refractivity contribution in [1.82, 2.24) is 20.1 Å². The van der Waals surface area contributed by atoms with Gasteiger partial charge in [0.25, 0.3) is 0 Å². The van der Waals surface area contributed by atoms with Crippen LogP contribution in [0, 0.1) is 5.92 Å². The molecule has 23 heavy (non-hydrogen) atoms. The Morgan fingerprint density at radius 3 is 3.13 bits per heavy atom. The minimum Gasteiger partial charge on any atom is -0.335 e. The summed E-state index contributed by atoms with van der Waals surface area (Å²) in [6.07, 6.45) is 6.86. The zero-order valence-electron chi connectivity index (χ0n) is 14.4. The lowest BCUT2D eigenvalue weighted by Gasteiger charge is -2.23. The topological polar surface area (TPSA) is 48.5 Å². The number of amides is 2. The van der Waals surface area contributed by atoms with Crippen LogP contribution in [-0.4, -0.2) is 65.5 Å². The van der Waals surface area contributed by atoms with Gasteiger partial charge in [-0.25, -0.2) is 4.79 Å². The summed E-state index contributed by atoms with van der Waals surface area (Å²) in [5.41, 5.74) is 1.23. The van der Waals surface area contributed by atoms with Crippen molar-refractivity contribution in [2.75, 3.05) is 38.7 Å². The molecule has 1 aliphatic rings. The number of pyridine rings is 1. The predicted molar refractivity (Wildman–Crippen MR) is 96.6 cm³/mol. The van der Waals surface area contributed by atoms with E-state index in [1.165, 1.54) is 5.56 Å². The number of hydrogen-bond acceptors (Lipinski definition) is 4. The smallest absolute Gasteiger partial charge is 0.317 e. The van der Waals surface area contributed by atoms with Crippen molar-refractivity contribution in [1.29, 1.82) is 0 Å². The molecule has 1 aromatic rings. The van der Waals surface area contributed by atoms with Crippen LogP contribution >= 0.6 is 11.8 Å². The van der Waals surface area contributed by atoms with Gasteiger partial charge in [-0.05, 0) is 44.2 Å². The first-order chi connectivity index (χ1) is 11.1. The average Bonchev–Trinajstić information content (AvgIpc) is 2.97. The van der Waals surface area contributed by atoms with Gasteiger partial charge in [-0.3, -0.25) is 4.98 Å². The molecule has 6 heteroatoms. The van der Waals surface area contributed by atoms with Crippen LogP contribution in [-0.2, 0) is 6.54 Å². The first-order valence-electron chi connectivity index (χ1n) is 8.20. The van der Waals surface area contributed by atoms with Gasteiger partial charge in [-0.15, -0.1) is 0 Å². The molecule has 1 N–H and O–H groups in total. The van der Waals surface area contributed by atoms with Crippen LogP contribution in [0.5, 0.6) is 0 Å². The molecule has 0 bridgehead atoms. The van der Waals surface area contributed by atoms with Crippen molar-refractivity contribution >= 4 is 17.8 Å². The highest BCUT2D eigenvalue weighted by Crippen LogP contribution is 2.18. The molecule has 128 valence electrons. The maximum absolute atomic E-state index is 12.2. The molecule has 2 atom stereocenters. The molecule has 5 nitrogen and oxygen atoms in total. The monoisotopic (exact) mass is 336 g/mol. The van der Waals surface area contributed by atoms with E-state index in [-0.39, 0.29) is 12.1 Å². The molecule has 1 aliphatic heterocycles. The summed E-state index contributed by atoms with van der Waals surface area (Å²) in [4.78, 5) is 20.7. The van der Waals surface area contributed by atoms with Crippen molar-refractivity contribution < 1.29 is 4.79 Å². The molecular formula is C17H28N4OS. The van der Waals surface area contributed by atoms with Gasteiger partial charge in [0.1, 0.15) is 0 Å². The van der Waals surface area contributed by atoms with E-state index in [9.17, 15) is 4.79 Å². The van der Waals surface area contributed by atoms with Gasteiger partial charge in [0, 0.05) is 50.4 Å². The summed E-state index contributed by atoms with van der Waals surface area (Å²) in [5, 5.41) is 3.08. The van der Waals surface area contributed by atoms with Crippen LogP contribution in [0.15, 0.2) is 24.5 Å². The fourth-order valence-corrected chi connectivity index (χ4v) is 3.65.